The lowest BCUT2D eigenvalue weighted by atomic mass is 10.2. The van der Waals surface area contributed by atoms with Crippen molar-refractivity contribution >= 4 is 33.0 Å². The first-order chi connectivity index (χ1) is 11.0. The number of thiophene rings is 1. The van der Waals surface area contributed by atoms with E-state index in [-0.39, 0.29) is 22.7 Å². The van der Waals surface area contributed by atoms with Crippen LogP contribution in [-0.2, 0) is 16.6 Å². The topological polar surface area (TPSA) is 100 Å². The second kappa shape index (κ2) is 6.83. The minimum absolute atomic E-state index is 0.0222. The van der Waals surface area contributed by atoms with E-state index in [1.54, 1.807) is 0 Å². The summed E-state index contributed by atoms with van der Waals surface area (Å²) in [6.45, 7) is 2.48. The van der Waals surface area contributed by atoms with Gasteiger partial charge in [-0.3, -0.25) is 4.90 Å². The van der Waals surface area contributed by atoms with Gasteiger partial charge in [-0.25, -0.2) is 13.1 Å². The smallest absolute Gasteiger partial charge is 0.250 e. The molecule has 0 bridgehead atoms. The van der Waals surface area contributed by atoms with Crippen LogP contribution in [0.2, 0.25) is 4.34 Å². The number of rotatable bonds is 5. The first kappa shape index (κ1) is 16.8. The lowest BCUT2D eigenvalue weighted by Crippen LogP contribution is -2.44. The molecule has 2 aromatic rings. The molecule has 1 atom stereocenters. The number of nitrogens with one attached hydrogen (secondary N) is 2. The molecule has 0 amide bonds. The standard InChI is InChI=1S/C12H16ClN5O3S2/c1-18-5-4-14-6-8(18)12-16-10(21-17-12)7-15-23(19,20)11-3-2-9(13)22-11/h2-3,8,14-15H,4-7H2,1H3. The summed E-state index contributed by atoms with van der Waals surface area (Å²) >= 11 is 6.75. The molecule has 0 saturated carbocycles. The summed E-state index contributed by atoms with van der Waals surface area (Å²) in [6.07, 6.45) is 0. The molecule has 3 rings (SSSR count). The largest absolute Gasteiger partial charge is 0.338 e. The maximum absolute atomic E-state index is 12.1. The van der Waals surface area contributed by atoms with E-state index in [9.17, 15) is 8.42 Å². The molecule has 1 saturated heterocycles. The fourth-order valence-electron chi connectivity index (χ4n) is 2.24. The maximum Gasteiger partial charge on any atom is 0.250 e. The van der Waals surface area contributed by atoms with Crippen LogP contribution in [0.4, 0.5) is 0 Å². The van der Waals surface area contributed by atoms with Crippen molar-refractivity contribution in [1.82, 2.24) is 25.1 Å². The van der Waals surface area contributed by atoms with E-state index in [0.29, 0.717) is 10.2 Å². The van der Waals surface area contributed by atoms with Crippen LogP contribution >= 0.6 is 22.9 Å². The lowest BCUT2D eigenvalue weighted by Gasteiger charge is -2.30. The zero-order valence-corrected chi connectivity index (χ0v) is 14.7. The second-order valence-corrected chi connectivity index (χ2v) is 8.84. The van der Waals surface area contributed by atoms with Gasteiger partial charge in [0.2, 0.25) is 5.89 Å². The van der Waals surface area contributed by atoms with Crippen molar-refractivity contribution in [2.75, 3.05) is 26.7 Å². The molecule has 11 heteroatoms. The van der Waals surface area contributed by atoms with E-state index in [1.165, 1.54) is 12.1 Å². The van der Waals surface area contributed by atoms with Gasteiger partial charge in [-0.15, -0.1) is 11.3 Å². The predicted octanol–water partition coefficient (Wildman–Crippen LogP) is 0.839. The molecule has 1 aliphatic heterocycles. The highest BCUT2D eigenvalue weighted by atomic mass is 35.5. The molecule has 2 N–H and O–H groups in total. The Kier molecular flexibility index (Phi) is 4.99. The maximum atomic E-state index is 12.1. The third-order valence-corrected chi connectivity index (χ3v) is 6.64. The number of piperazine rings is 1. The van der Waals surface area contributed by atoms with Crippen molar-refractivity contribution in [3.8, 4) is 0 Å². The molecule has 2 aromatic heterocycles. The lowest BCUT2D eigenvalue weighted by molar-refractivity contribution is 0.190. The quantitative estimate of drug-likeness (QED) is 0.796. The molecule has 1 fully saturated rings. The van der Waals surface area contributed by atoms with Gasteiger partial charge in [-0.05, 0) is 19.2 Å². The highest BCUT2D eigenvalue weighted by molar-refractivity contribution is 7.91. The van der Waals surface area contributed by atoms with Gasteiger partial charge >= 0.3 is 0 Å². The molecule has 0 aliphatic carbocycles. The van der Waals surface area contributed by atoms with Crippen LogP contribution in [0.15, 0.2) is 20.9 Å². The van der Waals surface area contributed by atoms with Crippen LogP contribution in [0.25, 0.3) is 0 Å². The minimum atomic E-state index is -3.63. The van der Waals surface area contributed by atoms with Crippen LogP contribution in [0, 0.1) is 0 Å². The Balaban J connectivity index is 1.65. The van der Waals surface area contributed by atoms with Crippen LogP contribution in [0.1, 0.15) is 17.8 Å². The summed E-state index contributed by atoms with van der Waals surface area (Å²) in [5.41, 5.74) is 0. The molecular formula is C12H16ClN5O3S2. The summed E-state index contributed by atoms with van der Waals surface area (Å²) in [5, 5.41) is 7.21. The SMILES string of the molecule is CN1CCNCC1c1noc(CNS(=O)(=O)c2ccc(Cl)s2)n1. The zero-order chi connectivity index (χ0) is 16.4. The molecular weight excluding hydrogens is 362 g/mol. The number of hydrogen-bond donors (Lipinski definition) is 2. The number of nitrogens with zero attached hydrogens (tertiary/aromatic N) is 3. The van der Waals surface area contributed by atoms with Gasteiger partial charge < -0.3 is 9.84 Å². The molecule has 3 heterocycles. The summed E-state index contributed by atoms with van der Waals surface area (Å²) < 4.78 is 32.4. The zero-order valence-electron chi connectivity index (χ0n) is 12.3. The third-order valence-electron chi connectivity index (χ3n) is 3.52. The van der Waals surface area contributed by atoms with Crippen molar-refractivity contribution in [1.29, 1.82) is 0 Å². The fraction of sp³-hybridized carbons (Fsp3) is 0.500. The van der Waals surface area contributed by atoms with Crippen LogP contribution in [0.3, 0.4) is 0 Å². The highest BCUT2D eigenvalue weighted by Gasteiger charge is 2.25. The van der Waals surface area contributed by atoms with Crippen molar-refractivity contribution in [2.24, 2.45) is 0 Å². The van der Waals surface area contributed by atoms with E-state index >= 15 is 0 Å². The number of likely N-dealkylation sites (N-methyl/N-ethyl adjacent to an activating group) is 1. The first-order valence-corrected chi connectivity index (χ1v) is 9.62. The third kappa shape index (κ3) is 3.90. The average molecular weight is 378 g/mol. The van der Waals surface area contributed by atoms with Crippen molar-refractivity contribution in [3.63, 3.8) is 0 Å². The number of aromatic nitrogens is 2. The Bertz CT molecular complexity index is 775. The Labute approximate surface area is 142 Å². The van der Waals surface area contributed by atoms with Gasteiger partial charge in [-0.2, -0.15) is 4.98 Å². The van der Waals surface area contributed by atoms with E-state index < -0.39 is 10.0 Å². The van der Waals surface area contributed by atoms with E-state index in [0.717, 1.165) is 31.0 Å². The Hall–Kier alpha value is -1.04. The molecule has 0 radical (unpaired) electrons. The Morgan fingerprint density at radius 2 is 2.39 bits per heavy atom. The normalized spacial score (nSPS) is 20.0. The Morgan fingerprint density at radius 1 is 1.57 bits per heavy atom. The van der Waals surface area contributed by atoms with Crippen LogP contribution < -0.4 is 10.0 Å². The first-order valence-electron chi connectivity index (χ1n) is 6.94. The number of halogens is 1. The van der Waals surface area contributed by atoms with Crippen molar-refractivity contribution in [3.05, 3.63) is 28.2 Å². The predicted molar refractivity (Wildman–Crippen MR) is 85.9 cm³/mol. The molecule has 23 heavy (non-hydrogen) atoms. The van der Waals surface area contributed by atoms with Gasteiger partial charge in [0.25, 0.3) is 10.0 Å². The van der Waals surface area contributed by atoms with Gasteiger partial charge in [0, 0.05) is 19.6 Å². The second-order valence-electron chi connectivity index (χ2n) is 5.13. The van der Waals surface area contributed by atoms with Gasteiger partial charge in [0.15, 0.2) is 5.82 Å². The van der Waals surface area contributed by atoms with Gasteiger partial charge in [0.1, 0.15) is 4.21 Å². The van der Waals surface area contributed by atoms with Crippen LogP contribution in [0.5, 0.6) is 0 Å². The molecule has 8 nitrogen and oxygen atoms in total. The van der Waals surface area contributed by atoms with Crippen molar-refractivity contribution < 1.29 is 12.9 Å². The summed E-state index contributed by atoms with van der Waals surface area (Å²) in [5.74, 6) is 0.776. The van der Waals surface area contributed by atoms with E-state index in [1.807, 2.05) is 7.05 Å². The molecule has 126 valence electrons. The van der Waals surface area contributed by atoms with Crippen molar-refractivity contribution in [2.45, 2.75) is 16.8 Å². The highest BCUT2D eigenvalue weighted by Crippen LogP contribution is 2.25. The summed E-state index contributed by atoms with van der Waals surface area (Å²) in [4.78, 5) is 6.41. The monoisotopic (exact) mass is 377 g/mol. The number of hydrogen-bond acceptors (Lipinski definition) is 8. The molecule has 0 spiro atoms. The van der Waals surface area contributed by atoms with Crippen LogP contribution in [-0.4, -0.2) is 50.1 Å². The molecule has 0 aromatic carbocycles. The minimum Gasteiger partial charge on any atom is -0.338 e. The fourth-order valence-corrected chi connectivity index (χ4v) is 4.74. The van der Waals surface area contributed by atoms with Gasteiger partial charge in [-0.1, -0.05) is 16.8 Å². The van der Waals surface area contributed by atoms with E-state index in [2.05, 4.69) is 25.1 Å². The van der Waals surface area contributed by atoms with E-state index in [4.69, 9.17) is 16.1 Å². The molecule has 1 aliphatic rings. The average Bonchev–Trinajstić information content (AvgIpc) is 3.15. The number of sulfonamides is 1. The Morgan fingerprint density at radius 3 is 3.09 bits per heavy atom. The van der Waals surface area contributed by atoms with Gasteiger partial charge in [0.05, 0.1) is 16.9 Å². The summed E-state index contributed by atoms with van der Waals surface area (Å²) in [7, 11) is -1.64. The molecule has 1 unspecified atom stereocenters. The summed E-state index contributed by atoms with van der Waals surface area (Å²) in [6, 6.07) is 3.02.